The fourth-order valence-corrected chi connectivity index (χ4v) is 2.84. The second-order valence-electron chi connectivity index (χ2n) is 7.13. The van der Waals surface area contributed by atoms with Gasteiger partial charge in [-0.3, -0.25) is 9.59 Å². The number of ether oxygens (including phenoxy) is 2. The molecule has 1 fully saturated rings. The van der Waals surface area contributed by atoms with Crippen LogP contribution in [0, 0.1) is 5.41 Å². The summed E-state index contributed by atoms with van der Waals surface area (Å²) in [6.45, 7) is 10.4. The van der Waals surface area contributed by atoms with Gasteiger partial charge in [0.05, 0.1) is 13.7 Å². The summed E-state index contributed by atoms with van der Waals surface area (Å²) in [5, 5.41) is 0. The lowest BCUT2D eigenvalue weighted by molar-refractivity contribution is -0.140. The van der Waals surface area contributed by atoms with Crippen molar-refractivity contribution in [3.8, 4) is 11.5 Å². The highest BCUT2D eigenvalue weighted by atomic mass is 16.5. The molecule has 0 spiro atoms. The number of methoxy groups -OCH3 is 1. The summed E-state index contributed by atoms with van der Waals surface area (Å²) in [5.74, 6) is 1.25. The number of benzene rings is 1. The summed E-state index contributed by atoms with van der Waals surface area (Å²) in [4.78, 5) is 28.7. The molecule has 2 rings (SSSR count). The number of hydrogen-bond acceptors (Lipinski definition) is 4. The van der Waals surface area contributed by atoms with Crippen LogP contribution in [0.2, 0.25) is 0 Å². The molecular weight excluding hydrogens is 320 g/mol. The topological polar surface area (TPSA) is 59.1 Å². The zero-order chi connectivity index (χ0) is 18.6. The highest BCUT2D eigenvalue weighted by Gasteiger charge is 2.31. The first-order valence-electron chi connectivity index (χ1n) is 8.67. The van der Waals surface area contributed by atoms with Crippen molar-refractivity contribution >= 4 is 11.8 Å². The van der Waals surface area contributed by atoms with Gasteiger partial charge in [0.25, 0.3) is 5.91 Å². The molecule has 0 aromatic heterocycles. The molecule has 0 N–H and O–H groups in total. The molecule has 0 atom stereocenters. The van der Waals surface area contributed by atoms with Gasteiger partial charge in [0, 0.05) is 37.2 Å². The SMILES string of the molecule is CCOc1ccc(C(=O)N2CCN(C(=O)C(C)(C)C)CC2)cc1OC. The Bertz CT molecular complexity index is 629. The molecular formula is C19H28N2O4. The highest BCUT2D eigenvalue weighted by Crippen LogP contribution is 2.28. The molecule has 0 aliphatic carbocycles. The molecule has 0 saturated carbocycles. The van der Waals surface area contributed by atoms with Crippen LogP contribution in [0.5, 0.6) is 11.5 Å². The maximum absolute atomic E-state index is 12.7. The van der Waals surface area contributed by atoms with Gasteiger partial charge in [0.1, 0.15) is 0 Å². The van der Waals surface area contributed by atoms with E-state index in [1.807, 2.05) is 32.6 Å². The van der Waals surface area contributed by atoms with Crippen LogP contribution in [-0.4, -0.2) is 61.5 Å². The van der Waals surface area contributed by atoms with E-state index in [2.05, 4.69) is 0 Å². The zero-order valence-electron chi connectivity index (χ0n) is 15.8. The van der Waals surface area contributed by atoms with Gasteiger partial charge in [0.2, 0.25) is 5.91 Å². The van der Waals surface area contributed by atoms with Gasteiger partial charge in [-0.05, 0) is 25.1 Å². The fraction of sp³-hybridized carbons (Fsp3) is 0.579. The molecule has 0 unspecified atom stereocenters. The van der Waals surface area contributed by atoms with Crippen LogP contribution in [-0.2, 0) is 4.79 Å². The summed E-state index contributed by atoms with van der Waals surface area (Å²) in [6, 6.07) is 5.22. The van der Waals surface area contributed by atoms with Gasteiger partial charge >= 0.3 is 0 Å². The normalized spacial score (nSPS) is 15.1. The second-order valence-corrected chi connectivity index (χ2v) is 7.13. The lowest BCUT2D eigenvalue weighted by atomic mass is 9.94. The van der Waals surface area contributed by atoms with E-state index in [0.29, 0.717) is 49.8 Å². The first kappa shape index (κ1) is 19.1. The monoisotopic (exact) mass is 348 g/mol. The minimum atomic E-state index is -0.394. The Kier molecular flexibility index (Phi) is 5.93. The number of rotatable bonds is 4. The molecule has 6 heteroatoms. The lowest BCUT2D eigenvalue weighted by Crippen LogP contribution is -2.53. The van der Waals surface area contributed by atoms with Crippen LogP contribution in [0.1, 0.15) is 38.1 Å². The van der Waals surface area contributed by atoms with E-state index in [1.165, 1.54) is 0 Å². The number of hydrogen-bond donors (Lipinski definition) is 0. The average Bonchev–Trinajstić information content (AvgIpc) is 2.60. The Balaban J connectivity index is 2.04. The minimum Gasteiger partial charge on any atom is -0.493 e. The predicted molar refractivity (Wildman–Crippen MR) is 96.1 cm³/mol. The van der Waals surface area contributed by atoms with E-state index in [-0.39, 0.29) is 11.8 Å². The van der Waals surface area contributed by atoms with Crippen molar-refractivity contribution in [3.05, 3.63) is 23.8 Å². The number of carbonyl (C=O) groups excluding carboxylic acids is 2. The quantitative estimate of drug-likeness (QED) is 0.838. The van der Waals surface area contributed by atoms with Crippen LogP contribution in [0.25, 0.3) is 0 Å². The van der Waals surface area contributed by atoms with Crippen molar-refractivity contribution < 1.29 is 19.1 Å². The molecule has 0 bridgehead atoms. The van der Waals surface area contributed by atoms with E-state index in [9.17, 15) is 9.59 Å². The molecule has 1 aliphatic rings. The van der Waals surface area contributed by atoms with Gasteiger partial charge in [0.15, 0.2) is 11.5 Å². The molecule has 1 aromatic rings. The Hall–Kier alpha value is -2.24. The second kappa shape index (κ2) is 7.76. The smallest absolute Gasteiger partial charge is 0.254 e. The third-order valence-corrected chi connectivity index (χ3v) is 4.21. The molecule has 2 amide bonds. The standard InChI is InChI=1S/C19H28N2O4/c1-6-25-15-8-7-14(13-16(15)24-5)17(22)20-9-11-21(12-10-20)18(23)19(2,3)4/h7-8,13H,6,9-12H2,1-5H3. The van der Waals surface area contributed by atoms with Crippen LogP contribution in [0.4, 0.5) is 0 Å². The van der Waals surface area contributed by atoms with Gasteiger partial charge < -0.3 is 19.3 Å². The molecule has 0 radical (unpaired) electrons. The number of amides is 2. The summed E-state index contributed by atoms with van der Waals surface area (Å²) in [5.41, 5.74) is 0.171. The number of piperazine rings is 1. The summed E-state index contributed by atoms with van der Waals surface area (Å²) in [7, 11) is 1.56. The summed E-state index contributed by atoms with van der Waals surface area (Å²) in [6.07, 6.45) is 0. The first-order chi connectivity index (χ1) is 11.8. The van der Waals surface area contributed by atoms with E-state index in [4.69, 9.17) is 9.47 Å². The Labute approximate surface area is 149 Å². The first-order valence-corrected chi connectivity index (χ1v) is 8.67. The van der Waals surface area contributed by atoms with E-state index < -0.39 is 5.41 Å². The van der Waals surface area contributed by atoms with Gasteiger partial charge in [-0.15, -0.1) is 0 Å². The third-order valence-electron chi connectivity index (χ3n) is 4.21. The van der Waals surface area contributed by atoms with E-state index >= 15 is 0 Å². The molecule has 1 aliphatic heterocycles. The van der Waals surface area contributed by atoms with Crippen molar-refractivity contribution in [3.63, 3.8) is 0 Å². The predicted octanol–water partition coefficient (Wildman–Crippen LogP) is 2.42. The zero-order valence-corrected chi connectivity index (χ0v) is 15.8. The van der Waals surface area contributed by atoms with Crippen molar-refractivity contribution in [1.29, 1.82) is 0 Å². The van der Waals surface area contributed by atoms with Crippen LogP contribution in [0.15, 0.2) is 18.2 Å². The minimum absolute atomic E-state index is 0.0517. The Morgan fingerprint density at radius 3 is 2.16 bits per heavy atom. The molecule has 6 nitrogen and oxygen atoms in total. The van der Waals surface area contributed by atoms with Gasteiger partial charge in [-0.2, -0.15) is 0 Å². The van der Waals surface area contributed by atoms with Gasteiger partial charge in [-0.1, -0.05) is 20.8 Å². The van der Waals surface area contributed by atoms with E-state index in [0.717, 1.165) is 0 Å². The average molecular weight is 348 g/mol. The number of nitrogens with zero attached hydrogens (tertiary/aromatic N) is 2. The van der Waals surface area contributed by atoms with Crippen molar-refractivity contribution in [2.75, 3.05) is 39.9 Å². The highest BCUT2D eigenvalue weighted by molar-refractivity contribution is 5.95. The van der Waals surface area contributed by atoms with Crippen LogP contribution in [0.3, 0.4) is 0 Å². The molecule has 25 heavy (non-hydrogen) atoms. The van der Waals surface area contributed by atoms with Gasteiger partial charge in [-0.25, -0.2) is 0 Å². The van der Waals surface area contributed by atoms with Crippen molar-refractivity contribution in [2.45, 2.75) is 27.7 Å². The Morgan fingerprint density at radius 1 is 1.04 bits per heavy atom. The number of carbonyl (C=O) groups is 2. The third kappa shape index (κ3) is 4.44. The van der Waals surface area contributed by atoms with Crippen LogP contribution >= 0.6 is 0 Å². The fourth-order valence-electron chi connectivity index (χ4n) is 2.84. The maximum Gasteiger partial charge on any atom is 0.254 e. The van der Waals surface area contributed by atoms with Crippen LogP contribution < -0.4 is 9.47 Å². The molecule has 138 valence electrons. The largest absolute Gasteiger partial charge is 0.493 e. The lowest BCUT2D eigenvalue weighted by Gasteiger charge is -2.37. The summed E-state index contributed by atoms with van der Waals surface area (Å²) < 4.78 is 10.8. The molecule has 1 saturated heterocycles. The molecule has 1 heterocycles. The summed E-state index contributed by atoms with van der Waals surface area (Å²) >= 11 is 0. The van der Waals surface area contributed by atoms with Crippen molar-refractivity contribution in [2.24, 2.45) is 5.41 Å². The Morgan fingerprint density at radius 2 is 1.64 bits per heavy atom. The van der Waals surface area contributed by atoms with E-state index in [1.54, 1.807) is 30.2 Å². The maximum atomic E-state index is 12.7. The van der Waals surface area contributed by atoms with Crippen molar-refractivity contribution in [1.82, 2.24) is 9.80 Å². The molecule has 1 aromatic carbocycles.